The fraction of sp³-hybridized carbons (Fsp3) is 0.556. The first-order chi connectivity index (χ1) is 23.6. The molecule has 0 bridgehead atoms. The van der Waals surface area contributed by atoms with Gasteiger partial charge < -0.3 is 40.0 Å². The summed E-state index contributed by atoms with van der Waals surface area (Å²) in [6, 6.07) is 10.1. The lowest BCUT2D eigenvalue weighted by molar-refractivity contribution is -0.129. The summed E-state index contributed by atoms with van der Waals surface area (Å²) in [5.74, 6) is 2.72. The van der Waals surface area contributed by atoms with Crippen LogP contribution in [0.3, 0.4) is 0 Å². The summed E-state index contributed by atoms with van der Waals surface area (Å²) in [7, 11) is 0. The molecule has 2 saturated heterocycles. The SMILES string of the molecule is CC(=O)N1CCC(Nc2cc(C(=O)NC[C@@H](O)[C@@H]3Cc4ccc(OCc5ocnc5C)cc4CN3)cc(N3CCN(C(C)C)CC3)n2)CC1. The fourth-order valence-corrected chi connectivity index (χ4v) is 6.83. The molecular weight excluding hydrogens is 624 g/mol. The van der Waals surface area contributed by atoms with Crippen molar-refractivity contribution in [3.05, 3.63) is 64.9 Å². The Bertz CT molecular complexity index is 1600. The zero-order valence-corrected chi connectivity index (χ0v) is 29.1. The molecule has 2 fully saturated rings. The van der Waals surface area contributed by atoms with Gasteiger partial charge in [-0.25, -0.2) is 9.97 Å². The minimum Gasteiger partial charge on any atom is -0.486 e. The second-order valence-corrected chi connectivity index (χ2v) is 13.7. The van der Waals surface area contributed by atoms with E-state index in [0.29, 0.717) is 55.8 Å². The van der Waals surface area contributed by atoms with Crippen molar-refractivity contribution in [3.8, 4) is 5.75 Å². The van der Waals surface area contributed by atoms with Crippen molar-refractivity contribution < 1.29 is 23.8 Å². The summed E-state index contributed by atoms with van der Waals surface area (Å²) in [5, 5.41) is 21.1. The summed E-state index contributed by atoms with van der Waals surface area (Å²) in [5.41, 5.74) is 3.57. The highest BCUT2D eigenvalue weighted by Gasteiger charge is 2.27. The maximum atomic E-state index is 13.6. The Morgan fingerprint density at radius 1 is 1.08 bits per heavy atom. The summed E-state index contributed by atoms with van der Waals surface area (Å²) in [4.78, 5) is 41.0. The number of carbonyl (C=O) groups excluding carboxylic acids is 2. The number of likely N-dealkylation sites (tertiary alicyclic amines) is 1. The minimum atomic E-state index is -0.781. The lowest BCUT2D eigenvalue weighted by Crippen LogP contribution is -2.49. The molecule has 1 aromatic carbocycles. The van der Waals surface area contributed by atoms with E-state index in [0.717, 1.165) is 67.4 Å². The number of hydrogen-bond donors (Lipinski definition) is 4. The van der Waals surface area contributed by atoms with Crippen molar-refractivity contribution in [1.29, 1.82) is 0 Å². The van der Waals surface area contributed by atoms with E-state index in [4.69, 9.17) is 14.1 Å². The number of fused-ring (bicyclic) bond motifs is 1. The Balaban J connectivity index is 1.07. The van der Waals surface area contributed by atoms with Gasteiger partial charge >= 0.3 is 0 Å². The number of aliphatic hydroxyl groups is 1. The molecule has 3 aromatic rings. The number of benzene rings is 1. The first-order valence-corrected chi connectivity index (χ1v) is 17.5. The molecule has 0 saturated carbocycles. The number of ether oxygens (including phenoxy) is 1. The zero-order valence-electron chi connectivity index (χ0n) is 29.1. The van der Waals surface area contributed by atoms with Crippen LogP contribution in [0.5, 0.6) is 5.75 Å². The second kappa shape index (κ2) is 15.6. The molecule has 3 aliphatic rings. The molecule has 2 atom stereocenters. The van der Waals surface area contributed by atoms with E-state index in [1.54, 1.807) is 13.0 Å². The van der Waals surface area contributed by atoms with Crippen LogP contribution in [-0.2, 0) is 24.4 Å². The molecule has 2 amide bonds. The summed E-state index contributed by atoms with van der Waals surface area (Å²) < 4.78 is 11.3. The number of hydrogen-bond acceptors (Lipinski definition) is 11. The Kier molecular flexibility index (Phi) is 11.0. The molecule has 13 nitrogen and oxygen atoms in total. The van der Waals surface area contributed by atoms with Gasteiger partial charge in [0.2, 0.25) is 5.91 Å². The number of anilines is 2. The smallest absolute Gasteiger partial charge is 0.251 e. The maximum Gasteiger partial charge on any atom is 0.251 e. The van der Waals surface area contributed by atoms with Crippen LogP contribution in [0, 0.1) is 6.92 Å². The molecule has 0 spiro atoms. The first kappa shape index (κ1) is 34.7. The Morgan fingerprint density at radius 2 is 1.86 bits per heavy atom. The van der Waals surface area contributed by atoms with Crippen molar-refractivity contribution in [2.45, 2.75) is 84.3 Å². The molecule has 0 radical (unpaired) electrons. The molecule has 0 unspecified atom stereocenters. The highest BCUT2D eigenvalue weighted by Crippen LogP contribution is 2.26. The van der Waals surface area contributed by atoms with Crippen LogP contribution in [0.1, 0.15) is 66.6 Å². The monoisotopic (exact) mass is 674 g/mol. The number of pyridine rings is 1. The molecule has 4 N–H and O–H groups in total. The number of piperazine rings is 1. The maximum absolute atomic E-state index is 13.6. The number of amides is 2. The van der Waals surface area contributed by atoms with E-state index in [2.05, 4.69) is 44.6 Å². The van der Waals surface area contributed by atoms with Gasteiger partial charge in [-0.05, 0) is 75.4 Å². The fourth-order valence-electron chi connectivity index (χ4n) is 6.83. The summed E-state index contributed by atoms with van der Waals surface area (Å²) in [6.45, 7) is 13.8. The van der Waals surface area contributed by atoms with Gasteiger partial charge in [0.05, 0.1) is 11.8 Å². The number of aromatic nitrogens is 2. The van der Waals surface area contributed by atoms with Gasteiger partial charge in [0.15, 0.2) is 12.2 Å². The van der Waals surface area contributed by atoms with Gasteiger partial charge in [-0.15, -0.1) is 0 Å². The topological polar surface area (TPSA) is 148 Å². The van der Waals surface area contributed by atoms with Crippen molar-refractivity contribution in [2.24, 2.45) is 0 Å². The normalized spacial score (nSPS) is 19.4. The largest absolute Gasteiger partial charge is 0.486 e. The zero-order chi connectivity index (χ0) is 34.5. The van der Waals surface area contributed by atoms with Gasteiger partial charge in [0.25, 0.3) is 5.91 Å². The third kappa shape index (κ3) is 8.70. The highest BCUT2D eigenvalue weighted by atomic mass is 16.5. The van der Waals surface area contributed by atoms with E-state index >= 15 is 0 Å². The van der Waals surface area contributed by atoms with E-state index in [1.807, 2.05) is 36.1 Å². The number of aliphatic hydroxyl groups excluding tert-OH is 1. The predicted molar refractivity (Wildman–Crippen MR) is 187 cm³/mol. The predicted octanol–water partition coefficient (Wildman–Crippen LogP) is 2.72. The molecule has 5 heterocycles. The van der Waals surface area contributed by atoms with Crippen LogP contribution in [-0.4, -0.2) is 107 Å². The first-order valence-electron chi connectivity index (χ1n) is 17.5. The number of carbonyl (C=O) groups is 2. The average molecular weight is 675 g/mol. The molecule has 6 rings (SSSR count). The Morgan fingerprint density at radius 3 is 2.55 bits per heavy atom. The summed E-state index contributed by atoms with van der Waals surface area (Å²) in [6.07, 6.45) is 2.91. The van der Waals surface area contributed by atoms with Crippen LogP contribution in [0.4, 0.5) is 11.6 Å². The molecular formula is C36H50N8O5. The van der Waals surface area contributed by atoms with Crippen LogP contribution in [0.2, 0.25) is 0 Å². The van der Waals surface area contributed by atoms with Gasteiger partial charge in [-0.1, -0.05) is 6.07 Å². The number of oxazole rings is 1. The van der Waals surface area contributed by atoms with Crippen LogP contribution in [0.25, 0.3) is 0 Å². The minimum absolute atomic E-state index is 0.0989. The molecule has 264 valence electrons. The summed E-state index contributed by atoms with van der Waals surface area (Å²) >= 11 is 0. The van der Waals surface area contributed by atoms with Gasteiger partial charge in [0.1, 0.15) is 24.0 Å². The molecule has 49 heavy (non-hydrogen) atoms. The molecule has 0 aliphatic carbocycles. The quantitative estimate of drug-likeness (QED) is 0.238. The van der Waals surface area contributed by atoms with Crippen molar-refractivity contribution in [2.75, 3.05) is 56.0 Å². The lowest BCUT2D eigenvalue weighted by Gasteiger charge is -2.38. The van der Waals surface area contributed by atoms with Crippen molar-refractivity contribution in [1.82, 2.24) is 30.4 Å². The lowest BCUT2D eigenvalue weighted by atomic mass is 9.92. The number of nitrogens with zero attached hydrogens (tertiary/aromatic N) is 5. The number of nitrogens with one attached hydrogen (secondary N) is 3. The van der Waals surface area contributed by atoms with Gasteiger partial charge in [-0.3, -0.25) is 14.5 Å². The number of rotatable bonds is 11. The number of aryl methyl sites for hydroxylation is 1. The van der Waals surface area contributed by atoms with Crippen molar-refractivity contribution in [3.63, 3.8) is 0 Å². The van der Waals surface area contributed by atoms with Crippen molar-refractivity contribution >= 4 is 23.5 Å². The van der Waals surface area contributed by atoms with Crippen LogP contribution < -0.4 is 25.6 Å². The van der Waals surface area contributed by atoms with E-state index in [-0.39, 0.29) is 30.4 Å². The Labute approximate surface area is 288 Å². The van der Waals surface area contributed by atoms with Gasteiger partial charge in [-0.2, -0.15) is 0 Å². The Hall–Kier alpha value is -4.20. The average Bonchev–Trinajstić information content (AvgIpc) is 3.53. The third-order valence-electron chi connectivity index (χ3n) is 10.1. The third-order valence-corrected chi connectivity index (χ3v) is 10.1. The van der Waals surface area contributed by atoms with Crippen LogP contribution >= 0.6 is 0 Å². The standard InChI is InChI=1S/C36H50N8O5/c1-23(2)42-11-13-44(14-12-42)35-18-27(17-34(41-35)40-29-7-9-43(10-8-29)25(4)45)36(47)38-20-32(46)31-16-26-5-6-30(15-28(26)19-37-31)48-21-33-24(3)39-22-49-33/h5-6,15,17-18,22-23,29,31-32,37,46H,7-14,16,19-21H2,1-4H3,(H,38,47)(H,40,41)/t31-,32+/m0/s1. The van der Waals surface area contributed by atoms with E-state index in [9.17, 15) is 14.7 Å². The second-order valence-electron chi connectivity index (χ2n) is 13.7. The molecule has 3 aliphatic heterocycles. The molecule has 2 aromatic heterocycles. The molecule has 13 heteroatoms. The van der Waals surface area contributed by atoms with Gasteiger partial charge in [0, 0.05) is 83.0 Å². The number of piperidine rings is 1. The highest BCUT2D eigenvalue weighted by molar-refractivity contribution is 5.95. The van der Waals surface area contributed by atoms with E-state index < -0.39 is 6.10 Å². The van der Waals surface area contributed by atoms with E-state index in [1.165, 1.54) is 6.39 Å². The van der Waals surface area contributed by atoms with Crippen LogP contribution in [0.15, 0.2) is 41.1 Å².